The molecule has 2 fully saturated rings. The Morgan fingerprint density at radius 3 is 2.46 bits per heavy atom. The van der Waals surface area contributed by atoms with Crippen molar-refractivity contribution in [1.29, 1.82) is 0 Å². The Morgan fingerprint density at radius 1 is 1.23 bits per heavy atom. The molecule has 0 aromatic heterocycles. The van der Waals surface area contributed by atoms with Crippen LogP contribution in [0.4, 0.5) is 0 Å². The van der Waals surface area contributed by atoms with E-state index in [0.29, 0.717) is 6.04 Å². The van der Waals surface area contributed by atoms with Gasteiger partial charge in [0.1, 0.15) is 0 Å². The minimum atomic E-state index is -0.0596. The maximum absolute atomic E-state index is 9.30. The molecule has 0 aromatic carbocycles. The summed E-state index contributed by atoms with van der Waals surface area (Å²) in [5.41, 5.74) is 0. The molecule has 80 valence electrons. The summed E-state index contributed by atoms with van der Waals surface area (Å²) in [7, 11) is 0. The summed E-state index contributed by atoms with van der Waals surface area (Å²) in [6.45, 7) is 4.25. The van der Waals surface area contributed by atoms with Crippen LogP contribution in [0, 0.1) is 0 Å². The van der Waals surface area contributed by atoms with Gasteiger partial charge < -0.3 is 10.4 Å². The summed E-state index contributed by atoms with van der Waals surface area (Å²) in [6.07, 6.45) is 2.17. The molecule has 0 unspecified atom stereocenters. The van der Waals surface area contributed by atoms with Gasteiger partial charge in [0.05, 0.1) is 6.10 Å². The van der Waals surface area contributed by atoms with Crippen LogP contribution >= 0.6 is 24.8 Å². The Kier molecular flexibility index (Phi) is 6.25. The van der Waals surface area contributed by atoms with Crippen LogP contribution in [0.1, 0.15) is 12.8 Å². The molecule has 0 spiro atoms. The molecule has 0 aromatic rings. The summed E-state index contributed by atoms with van der Waals surface area (Å²) < 4.78 is 0. The highest BCUT2D eigenvalue weighted by molar-refractivity contribution is 5.85. The standard InChI is InChI=1S/C8H16N2O.2ClH/c11-8-2-4-10(6-8)7-1-3-9-5-7;;/h7-9,11H,1-6H2;2*1H/t7-,8-;;/m1../s1. The fourth-order valence-electron chi connectivity index (χ4n) is 2.05. The van der Waals surface area contributed by atoms with Gasteiger partial charge in [-0.15, -0.1) is 24.8 Å². The third-order valence-electron chi connectivity index (χ3n) is 2.75. The fraction of sp³-hybridized carbons (Fsp3) is 1.00. The van der Waals surface area contributed by atoms with Crippen molar-refractivity contribution in [1.82, 2.24) is 10.2 Å². The van der Waals surface area contributed by atoms with E-state index in [-0.39, 0.29) is 30.9 Å². The van der Waals surface area contributed by atoms with Gasteiger partial charge in [-0.1, -0.05) is 0 Å². The van der Waals surface area contributed by atoms with Gasteiger partial charge in [-0.05, 0) is 19.4 Å². The lowest BCUT2D eigenvalue weighted by Gasteiger charge is -2.21. The predicted octanol–water partition coefficient (Wildman–Crippen LogP) is 0.259. The van der Waals surface area contributed by atoms with Gasteiger partial charge in [0.25, 0.3) is 0 Å². The van der Waals surface area contributed by atoms with Crippen molar-refractivity contribution in [2.45, 2.75) is 25.0 Å². The summed E-state index contributed by atoms with van der Waals surface area (Å²) in [4.78, 5) is 2.41. The molecule has 13 heavy (non-hydrogen) atoms. The van der Waals surface area contributed by atoms with E-state index in [9.17, 15) is 5.11 Å². The first kappa shape index (κ1) is 13.5. The molecule has 2 heterocycles. The zero-order valence-corrected chi connectivity index (χ0v) is 9.24. The minimum Gasteiger partial charge on any atom is -0.392 e. The number of nitrogens with zero attached hydrogens (tertiary/aromatic N) is 1. The fourth-order valence-corrected chi connectivity index (χ4v) is 2.05. The van der Waals surface area contributed by atoms with E-state index in [4.69, 9.17) is 0 Å². The van der Waals surface area contributed by atoms with Crippen molar-refractivity contribution in [3.63, 3.8) is 0 Å². The Hall–Kier alpha value is 0.460. The third kappa shape index (κ3) is 3.26. The van der Waals surface area contributed by atoms with Crippen molar-refractivity contribution in [3.05, 3.63) is 0 Å². The van der Waals surface area contributed by atoms with Crippen molar-refractivity contribution in [2.24, 2.45) is 0 Å². The summed E-state index contributed by atoms with van der Waals surface area (Å²) in [6, 6.07) is 0.701. The van der Waals surface area contributed by atoms with Gasteiger partial charge in [-0.25, -0.2) is 0 Å². The number of hydrogen-bond donors (Lipinski definition) is 2. The number of hydrogen-bond acceptors (Lipinski definition) is 3. The Bertz CT molecular complexity index is 142. The lowest BCUT2D eigenvalue weighted by Crippen LogP contribution is -2.35. The third-order valence-corrected chi connectivity index (χ3v) is 2.75. The highest BCUT2D eigenvalue weighted by Crippen LogP contribution is 2.16. The van der Waals surface area contributed by atoms with E-state index < -0.39 is 0 Å². The van der Waals surface area contributed by atoms with Crippen LogP contribution in [0.15, 0.2) is 0 Å². The zero-order valence-electron chi connectivity index (χ0n) is 7.61. The monoisotopic (exact) mass is 228 g/mol. The van der Waals surface area contributed by atoms with Crippen LogP contribution in [0.2, 0.25) is 0 Å². The van der Waals surface area contributed by atoms with Gasteiger partial charge in [-0.2, -0.15) is 0 Å². The number of likely N-dealkylation sites (tertiary alicyclic amines) is 1. The van der Waals surface area contributed by atoms with Gasteiger partial charge in [0.15, 0.2) is 0 Å². The van der Waals surface area contributed by atoms with Crippen LogP contribution in [-0.2, 0) is 0 Å². The number of nitrogens with one attached hydrogen (secondary N) is 1. The first-order valence-corrected chi connectivity index (χ1v) is 4.49. The van der Waals surface area contributed by atoms with Gasteiger partial charge >= 0.3 is 0 Å². The average molecular weight is 229 g/mol. The Balaban J connectivity index is 0.000000720. The largest absolute Gasteiger partial charge is 0.392 e. The van der Waals surface area contributed by atoms with E-state index in [1.807, 2.05) is 0 Å². The van der Waals surface area contributed by atoms with Crippen LogP contribution in [0.25, 0.3) is 0 Å². The topological polar surface area (TPSA) is 35.5 Å². The number of aliphatic hydroxyl groups excluding tert-OH is 1. The normalized spacial score (nSPS) is 33.9. The molecule has 2 saturated heterocycles. The molecular weight excluding hydrogens is 211 g/mol. The molecule has 2 N–H and O–H groups in total. The number of halogens is 2. The van der Waals surface area contributed by atoms with Gasteiger partial charge in [0, 0.05) is 25.7 Å². The van der Waals surface area contributed by atoms with E-state index >= 15 is 0 Å². The quantitative estimate of drug-likeness (QED) is 0.677. The molecule has 0 amide bonds. The van der Waals surface area contributed by atoms with Crippen molar-refractivity contribution in [3.8, 4) is 0 Å². The molecule has 3 nitrogen and oxygen atoms in total. The molecule has 0 radical (unpaired) electrons. The molecular formula is C8H18Cl2N2O. The summed E-state index contributed by atoms with van der Waals surface area (Å²) in [5, 5.41) is 12.6. The van der Waals surface area contributed by atoms with Crippen molar-refractivity contribution in [2.75, 3.05) is 26.2 Å². The molecule has 0 bridgehead atoms. The highest BCUT2D eigenvalue weighted by Gasteiger charge is 2.28. The highest BCUT2D eigenvalue weighted by atomic mass is 35.5. The van der Waals surface area contributed by atoms with E-state index in [1.165, 1.54) is 6.42 Å². The Labute approximate surface area is 91.7 Å². The van der Waals surface area contributed by atoms with Gasteiger partial charge in [-0.3, -0.25) is 4.90 Å². The molecule has 5 heteroatoms. The SMILES string of the molecule is Cl.Cl.O[C@@H]1CCN([C@@H]2CCNC2)C1. The van der Waals surface area contributed by atoms with Crippen LogP contribution in [0.3, 0.4) is 0 Å². The second kappa shape index (κ2) is 6.04. The molecule has 2 aliphatic heterocycles. The lowest BCUT2D eigenvalue weighted by molar-refractivity contribution is 0.163. The first-order chi connectivity index (χ1) is 5.36. The summed E-state index contributed by atoms with van der Waals surface area (Å²) in [5.74, 6) is 0. The first-order valence-electron chi connectivity index (χ1n) is 4.49. The molecule has 0 saturated carbocycles. The second-order valence-electron chi connectivity index (χ2n) is 3.58. The molecule has 0 aliphatic carbocycles. The Morgan fingerprint density at radius 2 is 2.00 bits per heavy atom. The summed E-state index contributed by atoms with van der Waals surface area (Å²) >= 11 is 0. The number of β-amino-alcohol motifs (C(OH)–C–C–N with tert-alkyl or cyclic N) is 1. The van der Waals surface area contributed by atoms with E-state index in [1.54, 1.807) is 0 Å². The van der Waals surface area contributed by atoms with Crippen molar-refractivity contribution < 1.29 is 5.11 Å². The molecule has 2 rings (SSSR count). The van der Waals surface area contributed by atoms with Crippen LogP contribution < -0.4 is 5.32 Å². The van der Waals surface area contributed by atoms with Gasteiger partial charge in [0.2, 0.25) is 0 Å². The van der Waals surface area contributed by atoms with Crippen LogP contribution in [-0.4, -0.2) is 48.3 Å². The average Bonchev–Trinajstić information content (AvgIpc) is 2.55. The smallest absolute Gasteiger partial charge is 0.0679 e. The van der Waals surface area contributed by atoms with Crippen molar-refractivity contribution >= 4 is 24.8 Å². The molecule has 2 atom stereocenters. The van der Waals surface area contributed by atoms with E-state index in [0.717, 1.165) is 32.6 Å². The second-order valence-corrected chi connectivity index (χ2v) is 3.58. The van der Waals surface area contributed by atoms with Crippen LogP contribution in [0.5, 0.6) is 0 Å². The van der Waals surface area contributed by atoms with E-state index in [2.05, 4.69) is 10.2 Å². The number of aliphatic hydroxyl groups is 1. The maximum atomic E-state index is 9.30. The minimum absolute atomic E-state index is 0. The lowest BCUT2D eigenvalue weighted by atomic mass is 10.2. The predicted molar refractivity (Wildman–Crippen MR) is 58.0 cm³/mol. The number of rotatable bonds is 1. The zero-order chi connectivity index (χ0) is 7.68. The molecule has 2 aliphatic rings. The maximum Gasteiger partial charge on any atom is 0.0679 e.